The van der Waals surface area contributed by atoms with Gasteiger partial charge in [-0.25, -0.2) is 0 Å². The fourth-order valence-corrected chi connectivity index (χ4v) is 2.52. The normalized spacial score (nSPS) is 24.4. The topological polar surface area (TPSA) is 26.0 Å². The number of hydrogen-bond acceptors (Lipinski definition) is 1. The van der Waals surface area contributed by atoms with Crippen LogP contribution in [0.25, 0.3) is 0 Å². The Hall–Kier alpha value is -0.820. The third-order valence-corrected chi connectivity index (χ3v) is 3.26. The van der Waals surface area contributed by atoms with Crippen molar-refractivity contribution in [2.75, 3.05) is 6.54 Å². The van der Waals surface area contributed by atoms with Crippen molar-refractivity contribution in [3.63, 3.8) is 0 Å². The molecule has 1 nitrogen and oxygen atoms in total. The molecule has 1 unspecified atom stereocenters. The molecule has 2 N–H and O–H groups in total. The standard InChI is InChI=1S/C12H17N/c1-12(2)7-9-5-3-4-6-10(9)11(12)8-13/h3-6,11H,7-8,13H2,1-2H3. The van der Waals surface area contributed by atoms with Gasteiger partial charge in [0, 0.05) is 5.92 Å². The van der Waals surface area contributed by atoms with Gasteiger partial charge in [0.2, 0.25) is 0 Å². The Bertz CT molecular complexity index is 315. The van der Waals surface area contributed by atoms with Gasteiger partial charge in [-0.05, 0) is 29.5 Å². The summed E-state index contributed by atoms with van der Waals surface area (Å²) in [7, 11) is 0. The third-order valence-electron chi connectivity index (χ3n) is 3.26. The summed E-state index contributed by atoms with van der Waals surface area (Å²) in [5.41, 5.74) is 9.13. The Morgan fingerprint density at radius 1 is 1.38 bits per heavy atom. The van der Waals surface area contributed by atoms with Crippen molar-refractivity contribution >= 4 is 0 Å². The lowest BCUT2D eigenvalue weighted by Crippen LogP contribution is -2.24. The molecule has 2 rings (SSSR count). The van der Waals surface area contributed by atoms with Gasteiger partial charge < -0.3 is 5.73 Å². The molecule has 0 amide bonds. The van der Waals surface area contributed by atoms with Crippen LogP contribution in [-0.4, -0.2) is 6.54 Å². The van der Waals surface area contributed by atoms with Crippen molar-refractivity contribution < 1.29 is 0 Å². The van der Waals surface area contributed by atoms with E-state index in [9.17, 15) is 0 Å². The van der Waals surface area contributed by atoms with E-state index in [1.54, 1.807) is 0 Å². The summed E-state index contributed by atoms with van der Waals surface area (Å²) in [6, 6.07) is 8.69. The van der Waals surface area contributed by atoms with Crippen LogP contribution < -0.4 is 5.73 Å². The molecule has 1 aliphatic rings. The molecular weight excluding hydrogens is 158 g/mol. The van der Waals surface area contributed by atoms with Crippen LogP contribution in [0.5, 0.6) is 0 Å². The maximum absolute atomic E-state index is 5.82. The molecule has 1 aliphatic carbocycles. The number of nitrogens with two attached hydrogens (primary N) is 1. The van der Waals surface area contributed by atoms with E-state index in [4.69, 9.17) is 5.73 Å². The number of fused-ring (bicyclic) bond motifs is 1. The van der Waals surface area contributed by atoms with Crippen molar-refractivity contribution in [2.45, 2.75) is 26.2 Å². The second-order valence-corrected chi connectivity index (χ2v) is 4.65. The highest BCUT2D eigenvalue weighted by Crippen LogP contribution is 2.45. The van der Waals surface area contributed by atoms with Gasteiger partial charge in [-0.3, -0.25) is 0 Å². The summed E-state index contributed by atoms with van der Waals surface area (Å²) in [6.07, 6.45) is 1.17. The fourth-order valence-electron chi connectivity index (χ4n) is 2.52. The summed E-state index contributed by atoms with van der Waals surface area (Å²) >= 11 is 0. The summed E-state index contributed by atoms with van der Waals surface area (Å²) in [5.74, 6) is 0.545. The lowest BCUT2D eigenvalue weighted by Gasteiger charge is -2.26. The van der Waals surface area contributed by atoms with E-state index in [2.05, 4.69) is 38.1 Å². The first kappa shape index (κ1) is 8.76. The van der Waals surface area contributed by atoms with Crippen LogP contribution in [0.4, 0.5) is 0 Å². The zero-order chi connectivity index (χ0) is 9.47. The molecule has 1 atom stereocenters. The van der Waals surface area contributed by atoms with Crippen LogP contribution >= 0.6 is 0 Å². The van der Waals surface area contributed by atoms with E-state index in [1.165, 1.54) is 17.5 Å². The molecular formula is C12H17N. The van der Waals surface area contributed by atoms with Crippen LogP contribution in [0.2, 0.25) is 0 Å². The van der Waals surface area contributed by atoms with E-state index in [1.807, 2.05) is 0 Å². The van der Waals surface area contributed by atoms with Gasteiger partial charge in [0.25, 0.3) is 0 Å². The molecule has 1 aromatic carbocycles. The minimum atomic E-state index is 0.346. The van der Waals surface area contributed by atoms with Gasteiger partial charge in [-0.15, -0.1) is 0 Å². The first-order valence-corrected chi connectivity index (χ1v) is 4.93. The second kappa shape index (κ2) is 2.85. The zero-order valence-corrected chi connectivity index (χ0v) is 8.38. The molecule has 0 fully saturated rings. The first-order chi connectivity index (χ1) is 6.15. The highest BCUT2D eigenvalue weighted by molar-refractivity contribution is 5.38. The highest BCUT2D eigenvalue weighted by Gasteiger charge is 2.37. The van der Waals surface area contributed by atoms with Gasteiger partial charge >= 0.3 is 0 Å². The van der Waals surface area contributed by atoms with Crippen LogP contribution in [0.15, 0.2) is 24.3 Å². The summed E-state index contributed by atoms with van der Waals surface area (Å²) < 4.78 is 0. The van der Waals surface area contributed by atoms with Crippen LogP contribution in [0.1, 0.15) is 30.9 Å². The van der Waals surface area contributed by atoms with Gasteiger partial charge in [-0.2, -0.15) is 0 Å². The zero-order valence-electron chi connectivity index (χ0n) is 8.38. The predicted molar refractivity (Wildman–Crippen MR) is 55.7 cm³/mol. The average molecular weight is 175 g/mol. The molecule has 70 valence electrons. The molecule has 0 aromatic heterocycles. The first-order valence-electron chi connectivity index (χ1n) is 4.93. The maximum Gasteiger partial charge on any atom is 0.00183 e. The SMILES string of the molecule is CC1(C)Cc2ccccc2C1CN. The van der Waals surface area contributed by atoms with Crippen molar-refractivity contribution in [3.8, 4) is 0 Å². The second-order valence-electron chi connectivity index (χ2n) is 4.65. The Kier molecular flexibility index (Phi) is 1.92. The molecule has 0 radical (unpaired) electrons. The maximum atomic E-state index is 5.82. The number of hydrogen-bond donors (Lipinski definition) is 1. The Morgan fingerprint density at radius 3 is 2.77 bits per heavy atom. The lowest BCUT2D eigenvalue weighted by molar-refractivity contribution is 0.318. The summed E-state index contributed by atoms with van der Waals surface area (Å²) in [6.45, 7) is 5.39. The average Bonchev–Trinajstić information content (AvgIpc) is 2.33. The Balaban J connectivity index is 2.46. The molecule has 13 heavy (non-hydrogen) atoms. The molecule has 1 aromatic rings. The molecule has 0 aliphatic heterocycles. The third kappa shape index (κ3) is 1.28. The Labute approximate surface area is 80.0 Å². The molecule has 0 saturated heterocycles. The predicted octanol–water partition coefficient (Wildman–Crippen LogP) is 2.31. The number of rotatable bonds is 1. The van der Waals surface area contributed by atoms with E-state index in [0.29, 0.717) is 11.3 Å². The highest BCUT2D eigenvalue weighted by atomic mass is 14.6. The fraction of sp³-hybridized carbons (Fsp3) is 0.500. The van der Waals surface area contributed by atoms with Crippen LogP contribution in [0.3, 0.4) is 0 Å². The van der Waals surface area contributed by atoms with Gasteiger partial charge in [0.05, 0.1) is 0 Å². The molecule has 0 spiro atoms. The number of benzene rings is 1. The van der Waals surface area contributed by atoms with Crippen LogP contribution in [-0.2, 0) is 6.42 Å². The van der Waals surface area contributed by atoms with E-state index in [0.717, 1.165) is 6.54 Å². The monoisotopic (exact) mass is 175 g/mol. The summed E-state index contributed by atoms with van der Waals surface area (Å²) in [5, 5.41) is 0. The minimum Gasteiger partial charge on any atom is -0.330 e. The van der Waals surface area contributed by atoms with E-state index in [-0.39, 0.29) is 0 Å². The summed E-state index contributed by atoms with van der Waals surface area (Å²) in [4.78, 5) is 0. The largest absolute Gasteiger partial charge is 0.330 e. The van der Waals surface area contributed by atoms with Crippen molar-refractivity contribution in [1.29, 1.82) is 0 Å². The smallest absolute Gasteiger partial charge is 0.00183 e. The lowest BCUT2D eigenvalue weighted by atomic mass is 9.80. The van der Waals surface area contributed by atoms with E-state index < -0.39 is 0 Å². The van der Waals surface area contributed by atoms with Gasteiger partial charge in [-0.1, -0.05) is 38.1 Å². The van der Waals surface area contributed by atoms with Crippen molar-refractivity contribution in [3.05, 3.63) is 35.4 Å². The molecule has 1 heteroatoms. The van der Waals surface area contributed by atoms with E-state index >= 15 is 0 Å². The van der Waals surface area contributed by atoms with Gasteiger partial charge in [0.1, 0.15) is 0 Å². The van der Waals surface area contributed by atoms with Crippen LogP contribution in [0, 0.1) is 5.41 Å². The molecule has 0 saturated carbocycles. The Morgan fingerprint density at radius 2 is 2.08 bits per heavy atom. The van der Waals surface area contributed by atoms with Crippen molar-refractivity contribution in [2.24, 2.45) is 11.1 Å². The minimum absolute atomic E-state index is 0.346. The molecule has 0 heterocycles. The quantitative estimate of drug-likeness (QED) is 0.696. The van der Waals surface area contributed by atoms with Gasteiger partial charge in [0.15, 0.2) is 0 Å². The van der Waals surface area contributed by atoms with Crippen molar-refractivity contribution in [1.82, 2.24) is 0 Å². The molecule has 0 bridgehead atoms.